The third kappa shape index (κ3) is 4.25. The van der Waals surface area contributed by atoms with E-state index in [4.69, 9.17) is 5.84 Å². The molecular weight excluding hydrogens is 286 g/mol. The van der Waals surface area contributed by atoms with Gasteiger partial charge in [-0.3, -0.25) is 11.3 Å². The number of rotatable bonds is 4. The first kappa shape index (κ1) is 17.6. The molecule has 0 saturated heterocycles. The van der Waals surface area contributed by atoms with E-state index in [9.17, 15) is 26.3 Å². The minimum atomic E-state index is -5.35. The summed E-state index contributed by atoms with van der Waals surface area (Å²) in [6.07, 6.45) is -7.75. The second-order valence-corrected chi connectivity index (χ2v) is 5.45. The van der Waals surface area contributed by atoms with Crippen LogP contribution in [0.5, 0.6) is 0 Å². The first-order valence-corrected chi connectivity index (χ1v) is 6.70. The van der Waals surface area contributed by atoms with Gasteiger partial charge in [0.05, 0.1) is 0 Å². The van der Waals surface area contributed by atoms with Crippen molar-refractivity contribution in [2.75, 3.05) is 0 Å². The van der Waals surface area contributed by atoms with E-state index in [-0.39, 0.29) is 5.92 Å². The fourth-order valence-electron chi connectivity index (χ4n) is 3.13. The number of nitrogens with one attached hydrogen (secondary N) is 1. The fraction of sp³-hybridized carbons (Fsp3) is 1.00. The molecule has 3 atom stereocenters. The predicted molar refractivity (Wildman–Crippen MR) is 62.5 cm³/mol. The van der Waals surface area contributed by atoms with Gasteiger partial charge in [-0.25, -0.2) is 0 Å². The van der Waals surface area contributed by atoms with Crippen molar-refractivity contribution in [1.82, 2.24) is 5.43 Å². The number of alkyl halides is 6. The van der Waals surface area contributed by atoms with E-state index in [0.29, 0.717) is 19.3 Å². The third-order valence-electron chi connectivity index (χ3n) is 4.17. The molecule has 0 radical (unpaired) electrons. The molecule has 1 aliphatic carbocycles. The molecule has 0 amide bonds. The highest BCUT2D eigenvalue weighted by atomic mass is 19.4. The number of nitrogens with two attached hydrogens (primary N) is 1. The summed E-state index contributed by atoms with van der Waals surface area (Å²) in [5, 5.41) is 0. The van der Waals surface area contributed by atoms with Gasteiger partial charge < -0.3 is 0 Å². The van der Waals surface area contributed by atoms with Gasteiger partial charge in [-0.05, 0) is 24.7 Å². The van der Waals surface area contributed by atoms with E-state index >= 15 is 0 Å². The van der Waals surface area contributed by atoms with Crippen LogP contribution in [0.15, 0.2) is 0 Å². The van der Waals surface area contributed by atoms with E-state index in [1.807, 2.05) is 6.92 Å². The van der Waals surface area contributed by atoms with Crippen molar-refractivity contribution in [1.29, 1.82) is 0 Å². The molecule has 0 aromatic heterocycles. The molecule has 1 saturated carbocycles. The highest BCUT2D eigenvalue weighted by Gasteiger charge is 2.61. The second kappa shape index (κ2) is 6.51. The summed E-state index contributed by atoms with van der Waals surface area (Å²) in [4.78, 5) is 0. The zero-order valence-electron chi connectivity index (χ0n) is 11.2. The van der Waals surface area contributed by atoms with Crippen LogP contribution in [0.1, 0.15) is 39.0 Å². The van der Waals surface area contributed by atoms with E-state index in [1.165, 1.54) is 0 Å². The topological polar surface area (TPSA) is 38.0 Å². The summed E-state index contributed by atoms with van der Waals surface area (Å²) in [6.45, 7) is 1.89. The summed E-state index contributed by atoms with van der Waals surface area (Å²) >= 11 is 0. The standard InChI is InChI=1S/C12H20F6N2/c1-2-7-4-3-5-8(6-7)9(20-19)10(11(13,14)15)12(16,17)18/h7-10,20H,2-6,19H2,1H3. The Morgan fingerprint density at radius 3 is 2.05 bits per heavy atom. The van der Waals surface area contributed by atoms with Crippen LogP contribution in [-0.4, -0.2) is 18.4 Å². The van der Waals surface area contributed by atoms with Crippen molar-refractivity contribution in [2.45, 2.75) is 57.4 Å². The molecule has 1 aliphatic rings. The molecule has 1 rings (SSSR count). The lowest BCUT2D eigenvalue weighted by Crippen LogP contribution is -2.56. The summed E-state index contributed by atoms with van der Waals surface area (Å²) in [7, 11) is 0. The van der Waals surface area contributed by atoms with Crippen LogP contribution >= 0.6 is 0 Å². The number of hydrazine groups is 1. The highest BCUT2D eigenvalue weighted by molar-refractivity contribution is 4.92. The van der Waals surface area contributed by atoms with Crippen LogP contribution in [0, 0.1) is 17.8 Å². The molecule has 2 nitrogen and oxygen atoms in total. The Labute approximate surface area is 114 Å². The summed E-state index contributed by atoms with van der Waals surface area (Å²) in [5.74, 6) is 1.09. The Balaban J connectivity index is 2.96. The van der Waals surface area contributed by atoms with Crippen molar-refractivity contribution in [3.63, 3.8) is 0 Å². The Hall–Kier alpha value is -0.500. The molecule has 20 heavy (non-hydrogen) atoms. The van der Waals surface area contributed by atoms with E-state index in [0.717, 1.165) is 12.8 Å². The maximum Gasteiger partial charge on any atom is 0.402 e. The summed E-state index contributed by atoms with van der Waals surface area (Å²) in [6, 6.07) is -1.82. The van der Waals surface area contributed by atoms with E-state index in [1.54, 1.807) is 5.43 Å². The first-order chi connectivity index (χ1) is 9.11. The maximum absolute atomic E-state index is 12.8. The van der Waals surface area contributed by atoms with Crippen molar-refractivity contribution in [2.24, 2.45) is 23.6 Å². The van der Waals surface area contributed by atoms with Gasteiger partial charge in [-0.15, -0.1) is 0 Å². The highest BCUT2D eigenvalue weighted by Crippen LogP contribution is 2.46. The molecule has 0 heterocycles. The minimum Gasteiger partial charge on any atom is -0.271 e. The number of hydrogen-bond donors (Lipinski definition) is 2. The maximum atomic E-state index is 12.8. The van der Waals surface area contributed by atoms with Crippen LogP contribution in [-0.2, 0) is 0 Å². The van der Waals surface area contributed by atoms with Crippen LogP contribution in [0.4, 0.5) is 26.3 Å². The smallest absolute Gasteiger partial charge is 0.271 e. The van der Waals surface area contributed by atoms with Crippen molar-refractivity contribution < 1.29 is 26.3 Å². The molecular formula is C12H20F6N2. The van der Waals surface area contributed by atoms with E-state index < -0.39 is 30.2 Å². The Morgan fingerprint density at radius 1 is 1.10 bits per heavy atom. The molecule has 120 valence electrons. The van der Waals surface area contributed by atoms with Crippen molar-refractivity contribution in [3.8, 4) is 0 Å². The Bertz CT molecular complexity index is 287. The molecule has 0 spiro atoms. The first-order valence-electron chi connectivity index (χ1n) is 6.70. The monoisotopic (exact) mass is 306 g/mol. The minimum absolute atomic E-state index is 0.173. The zero-order valence-corrected chi connectivity index (χ0v) is 11.2. The molecule has 0 aromatic rings. The molecule has 0 aliphatic heterocycles. The van der Waals surface area contributed by atoms with Crippen LogP contribution in [0.25, 0.3) is 0 Å². The van der Waals surface area contributed by atoms with Gasteiger partial charge >= 0.3 is 12.4 Å². The van der Waals surface area contributed by atoms with Crippen LogP contribution < -0.4 is 11.3 Å². The molecule has 8 heteroatoms. The number of hydrogen-bond acceptors (Lipinski definition) is 2. The molecule has 3 N–H and O–H groups in total. The van der Waals surface area contributed by atoms with Gasteiger partial charge in [0.2, 0.25) is 0 Å². The van der Waals surface area contributed by atoms with Crippen LogP contribution in [0.2, 0.25) is 0 Å². The predicted octanol–water partition coefficient (Wildman–Crippen LogP) is 3.78. The molecule has 0 aromatic carbocycles. The zero-order chi connectivity index (χ0) is 15.6. The quantitative estimate of drug-likeness (QED) is 0.471. The third-order valence-corrected chi connectivity index (χ3v) is 4.17. The number of halogens is 6. The van der Waals surface area contributed by atoms with Gasteiger partial charge in [0.1, 0.15) is 0 Å². The lowest BCUT2D eigenvalue weighted by atomic mass is 9.73. The van der Waals surface area contributed by atoms with Crippen LogP contribution in [0.3, 0.4) is 0 Å². The van der Waals surface area contributed by atoms with Gasteiger partial charge in [0.25, 0.3) is 0 Å². The van der Waals surface area contributed by atoms with Crippen molar-refractivity contribution >= 4 is 0 Å². The average Bonchev–Trinajstić information content (AvgIpc) is 2.32. The van der Waals surface area contributed by atoms with Gasteiger partial charge in [-0.1, -0.05) is 26.2 Å². The van der Waals surface area contributed by atoms with Gasteiger partial charge in [-0.2, -0.15) is 26.3 Å². The summed E-state index contributed by atoms with van der Waals surface area (Å²) < 4.78 is 76.6. The molecule has 0 bridgehead atoms. The molecule has 3 unspecified atom stereocenters. The van der Waals surface area contributed by atoms with Crippen molar-refractivity contribution in [3.05, 3.63) is 0 Å². The van der Waals surface area contributed by atoms with Gasteiger partial charge in [0, 0.05) is 6.04 Å². The Morgan fingerprint density at radius 2 is 1.65 bits per heavy atom. The lowest BCUT2D eigenvalue weighted by molar-refractivity contribution is -0.296. The normalized spacial score (nSPS) is 26.9. The molecule has 1 fully saturated rings. The lowest BCUT2D eigenvalue weighted by Gasteiger charge is -2.39. The average molecular weight is 306 g/mol. The van der Waals surface area contributed by atoms with Gasteiger partial charge in [0.15, 0.2) is 5.92 Å². The Kier molecular flexibility index (Phi) is 5.71. The van der Waals surface area contributed by atoms with E-state index in [2.05, 4.69) is 0 Å². The fourth-order valence-corrected chi connectivity index (χ4v) is 3.13. The SMILES string of the molecule is CCC1CCCC(C(NN)C(C(F)(F)F)C(F)(F)F)C1. The summed E-state index contributed by atoms with van der Waals surface area (Å²) in [5.41, 5.74) is 1.79. The second-order valence-electron chi connectivity index (χ2n) is 5.45. The largest absolute Gasteiger partial charge is 0.402 e.